The second-order valence-electron chi connectivity index (χ2n) is 8.62. The van der Waals surface area contributed by atoms with Gasteiger partial charge in [-0.05, 0) is 24.3 Å². The Bertz CT molecular complexity index is 1390. The molecule has 3 aromatic heterocycles. The predicted molar refractivity (Wildman–Crippen MR) is 134 cm³/mol. The third-order valence-electron chi connectivity index (χ3n) is 6.07. The van der Waals surface area contributed by atoms with E-state index in [1.54, 1.807) is 30.5 Å². The van der Waals surface area contributed by atoms with E-state index in [1.807, 2.05) is 16.8 Å². The first-order valence-electron chi connectivity index (χ1n) is 11.7. The number of anilines is 3. The number of hydrogen-bond acceptors (Lipinski definition) is 11. The SMILES string of the molecule is CN(CCN1CCN(c2ccc(OCC(N)=O)cc2F)CC1)c1nc(N)n2nc(-c3ccco3)nc2n1. The van der Waals surface area contributed by atoms with Crippen molar-refractivity contribution in [2.45, 2.75) is 0 Å². The quantitative estimate of drug-likeness (QED) is 0.325. The Labute approximate surface area is 211 Å². The van der Waals surface area contributed by atoms with Crippen LogP contribution < -0.4 is 26.0 Å². The maximum absolute atomic E-state index is 14.6. The number of likely N-dealkylation sites (N-methyl/N-ethyl adjacent to an activating group) is 1. The van der Waals surface area contributed by atoms with Gasteiger partial charge in [0.25, 0.3) is 11.7 Å². The van der Waals surface area contributed by atoms with Crippen LogP contribution in [0.4, 0.5) is 22.0 Å². The number of primary amides is 1. The molecule has 0 saturated carbocycles. The molecule has 5 rings (SSSR count). The average molecular weight is 511 g/mol. The lowest BCUT2D eigenvalue weighted by atomic mass is 10.2. The molecular formula is C23H27FN10O3. The number of amides is 1. The van der Waals surface area contributed by atoms with Crippen LogP contribution >= 0.6 is 0 Å². The van der Waals surface area contributed by atoms with Crippen molar-refractivity contribution < 1.29 is 18.3 Å². The highest BCUT2D eigenvalue weighted by Crippen LogP contribution is 2.25. The minimum atomic E-state index is -0.612. The summed E-state index contributed by atoms with van der Waals surface area (Å²) in [5.41, 5.74) is 11.7. The summed E-state index contributed by atoms with van der Waals surface area (Å²) >= 11 is 0. The maximum Gasteiger partial charge on any atom is 0.259 e. The number of nitrogen functional groups attached to an aromatic ring is 1. The van der Waals surface area contributed by atoms with Crippen molar-refractivity contribution in [3.05, 3.63) is 42.4 Å². The smallest absolute Gasteiger partial charge is 0.259 e. The van der Waals surface area contributed by atoms with E-state index in [4.69, 9.17) is 20.6 Å². The number of fused-ring (bicyclic) bond motifs is 1. The topological polar surface area (TPSA) is 157 Å². The van der Waals surface area contributed by atoms with E-state index in [0.29, 0.717) is 48.6 Å². The molecule has 0 bridgehead atoms. The molecule has 1 aromatic carbocycles. The van der Waals surface area contributed by atoms with Crippen molar-refractivity contribution in [2.75, 3.05) is 68.5 Å². The van der Waals surface area contributed by atoms with Gasteiger partial charge in [-0.1, -0.05) is 0 Å². The molecule has 1 amide bonds. The van der Waals surface area contributed by atoms with Crippen LogP contribution in [0, 0.1) is 5.82 Å². The molecule has 1 fully saturated rings. The Balaban J connectivity index is 1.15. The number of furan rings is 1. The number of benzene rings is 1. The minimum absolute atomic E-state index is 0.179. The van der Waals surface area contributed by atoms with Gasteiger partial charge in [-0.2, -0.15) is 19.5 Å². The fraction of sp³-hybridized carbons (Fsp3) is 0.348. The fourth-order valence-corrected chi connectivity index (χ4v) is 4.07. The summed E-state index contributed by atoms with van der Waals surface area (Å²) in [4.78, 5) is 30.3. The molecule has 0 radical (unpaired) electrons. The van der Waals surface area contributed by atoms with Crippen LogP contribution in [-0.4, -0.2) is 88.3 Å². The first kappa shape index (κ1) is 24.2. The summed E-state index contributed by atoms with van der Waals surface area (Å²) in [6, 6.07) is 8.09. The van der Waals surface area contributed by atoms with Crippen LogP contribution in [0.1, 0.15) is 0 Å². The molecule has 13 nitrogen and oxygen atoms in total. The van der Waals surface area contributed by atoms with Crippen molar-refractivity contribution in [1.82, 2.24) is 29.5 Å². The monoisotopic (exact) mass is 510 g/mol. The maximum atomic E-state index is 14.6. The molecule has 1 saturated heterocycles. The van der Waals surface area contributed by atoms with Gasteiger partial charge in [0.1, 0.15) is 11.6 Å². The van der Waals surface area contributed by atoms with E-state index < -0.39 is 11.7 Å². The first-order chi connectivity index (χ1) is 17.9. The fourth-order valence-electron chi connectivity index (χ4n) is 4.07. The second-order valence-corrected chi connectivity index (χ2v) is 8.62. The first-order valence-corrected chi connectivity index (χ1v) is 11.7. The van der Waals surface area contributed by atoms with E-state index in [0.717, 1.165) is 19.6 Å². The van der Waals surface area contributed by atoms with Crippen LogP contribution in [-0.2, 0) is 4.79 Å². The van der Waals surface area contributed by atoms with Crippen molar-refractivity contribution in [3.63, 3.8) is 0 Å². The molecule has 0 atom stereocenters. The summed E-state index contributed by atoms with van der Waals surface area (Å²) in [6.07, 6.45) is 1.55. The lowest BCUT2D eigenvalue weighted by Gasteiger charge is -2.36. The van der Waals surface area contributed by atoms with Crippen LogP contribution in [0.3, 0.4) is 0 Å². The van der Waals surface area contributed by atoms with E-state index in [2.05, 4.69) is 25.0 Å². The highest BCUT2D eigenvalue weighted by molar-refractivity contribution is 5.75. The summed E-state index contributed by atoms with van der Waals surface area (Å²) in [7, 11) is 1.89. The van der Waals surface area contributed by atoms with Crippen molar-refractivity contribution in [1.29, 1.82) is 0 Å². The minimum Gasteiger partial charge on any atom is -0.484 e. The normalized spacial score (nSPS) is 14.3. The Morgan fingerprint density at radius 3 is 2.70 bits per heavy atom. The van der Waals surface area contributed by atoms with Gasteiger partial charge in [0.05, 0.1) is 12.0 Å². The van der Waals surface area contributed by atoms with Crippen LogP contribution in [0.15, 0.2) is 41.0 Å². The molecule has 0 spiro atoms. The standard InChI is InChI=1S/C23H27FN10O3/c1-31(22-28-21(26)34-23(29-22)27-20(30-34)18-3-2-12-36-18)6-7-32-8-10-33(11-9-32)17-5-4-15(13-16(17)24)37-14-19(25)35/h2-5,12-13H,6-11,14H2,1H3,(H2,25,35)(H2,26,27,28,29,30). The van der Waals surface area contributed by atoms with Crippen molar-refractivity contribution >= 4 is 29.3 Å². The van der Waals surface area contributed by atoms with Crippen LogP contribution in [0.2, 0.25) is 0 Å². The molecule has 1 aliphatic rings. The molecule has 4 N–H and O–H groups in total. The largest absolute Gasteiger partial charge is 0.484 e. The Kier molecular flexibility index (Phi) is 6.72. The number of halogens is 1. The average Bonchev–Trinajstić information content (AvgIpc) is 3.57. The van der Waals surface area contributed by atoms with E-state index in [-0.39, 0.29) is 18.3 Å². The Morgan fingerprint density at radius 2 is 2.00 bits per heavy atom. The summed E-state index contributed by atoms with van der Waals surface area (Å²) in [5, 5.41) is 4.31. The Morgan fingerprint density at radius 1 is 1.19 bits per heavy atom. The van der Waals surface area contributed by atoms with Crippen molar-refractivity contribution in [2.24, 2.45) is 5.73 Å². The van der Waals surface area contributed by atoms with E-state index >= 15 is 0 Å². The second kappa shape index (κ2) is 10.3. The zero-order valence-electron chi connectivity index (χ0n) is 20.2. The van der Waals surface area contributed by atoms with Gasteiger partial charge < -0.3 is 30.4 Å². The lowest BCUT2D eigenvalue weighted by Crippen LogP contribution is -2.48. The number of hydrogen-bond donors (Lipinski definition) is 2. The van der Waals surface area contributed by atoms with Gasteiger partial charge in [0, 0.05) is 52.4 Å². The molecule has 194 valence electrons. The number of nitrogens with two attached hydrogens (primary N) is 2. The highest BCUT2D eigenvalue weighted by Gasteiger charge is 2.21. The van der Waals surface area contributed by atoms with Gasteiger partial charge >= 0.3 is 0 Å². The molecule has 1 aliphatic heterocycles. The number of piperazine rings is 1. The van der Waals surface area contributed by atoms with Crippen molar-refractivity contribution in [3.8, 4) is 17.3 Å². The van der Waals surface area contributed by atoms with Crippen LogP contribution in [0.25, 0.3) is 17.4 Å². The zero-order chi connectivity index (χ0) is 25.9. The van der Waals surface area contributed by atoms with Gasteiger partial charge in [-0.25, -0.2) is 4.39 Å². The lowest BCUT2D eigenvalue weighted by molar-refractivity contribution is -0.119. The number of ether oxygens (including phenoxy) is 1. The van der Waals surface area contributed by atoms with Gasteiger partial charge in [-0.3, -0.25) is 9.69 Å². The van der Waals surface area contributed by atoms with E-state index in [9.17, 15) is 9.18 Å². The number of carbonyl (C=O) groups excluding carboxylic acids is 1. The summed E-state index contributed by atoms with van der Waals surface area (Å²) in [6.45, 7) is 4.03. The number of carbonyl (C=O) groups is 1. The molecule has 14 heteroatoms. The number of aromatic nitrogens is 5. The molecule has 0 unspecified atom stereocenters. The van der Waals surface area contributed by atoms with Gasteiger partial charge in [0.15, 0.2) is 12.4 Å². The third kappa shape index (κ3) is 5.38. The number of rotatable bonds is 9. The third-order valence-corrected chi connectivity index (χ3v) is 6.07. The van der Waals surface area contributed by atoms with Gasteiger partial charge in [-0.15, -0.1) is 5.10 Å². The molecule has 0 aliphatic carbocycles. The van der Waals surface area contributed by atoms with Gasteiger partial charge in [0.2, 0.25) is 17.7 Å². The summed E-state index contributed by atoms with van der Waals surface area (Å²) < 4.78 is 26.5. The predicted octanol–water partition coefficient (Wildman–Crippen LogP) is 0.623. The summed E-state index contributed by atoms with van der Waals surface area (Å²) in [5.74, 6) is 1.12. The zero-order valence-corrected chi connectivity index (χ0v) is 20.2. The molecular weight excluding hydrogens is 483 g/mol. The molecule has 4 aromatic rings. The molecule has 37 heavy (non-hydrogen) atoms. The van der Waals surface area contributed by atoms with Crippen LogP contribution in [0.5, 0.6) is 5.75 Å². The van der Waals surface area contributed by atoms with E-state index in [1.165, 1.54) is 10.6 Å². The number of nitrogens with zero attached hydrogens (tertiary/aromatic N) is 8. The molecule has 4 heterocycles. The highest BCUT2D eigenvalue weighted by atomic mass is 19.1. The Hall–Kier alpha value is -4.46.